The summed E-state index contributed by atoms with van der Waals surface area (Å²) >= 11 is 0. The molecule has 40 heavy (non-hydrogen) atoms. The zero-order valence-corrected chi connectivity index (χ0v) is 21.9. The summed E-state index contributed by atoms with van der Waals surface area (Å²) in [5.41, 5.74) is 3.64. The molecule has 2 fully saturated rings. The second-order valence-corrected chi connectivity index (χ2v) is 11.5. The summed E-state index contributed by atoms with van der Waals surface area (Å²) in [6.45, 7) is 0. The first-order valence-corrected chi connectivity index (χ1v) is 13.7. The predicted molar refractivity (Wildman–Crippen MR) is 143 cm³/mol. The summed E-state index contributed by atoms with van der Waals surface area (Å²) in [6.07, 6.45) is 9.19. The number of benzene rings is 1. The Hall–Kier alpha value is -4.05. The highest BCUT2D eigenvalue weighted by Crippen LogP contribution is 2.53. The van der Waals surface area contributed by atoms with Crippen LogP contribution in [0, 0.1) is 17.8 Å². The Morgan fingerprint density at radius 1 is 1.05 bits per heavy atom. The van der Waals surface area contributed by atoms with Crippen LogP contribution in [0.3, 0.4) is 0 Å². The molecule has 0 aliphatic heterocycles. The van der Waals surface area contributed by atoms with Gasteiger partial charge >= 0.3 is 0 Å². The van der Waals surface area contributed by atoms with Crippen molar-refractivity contribution < 1.29 is 34.8 Å². The molecule has 2 aromatic rings. The Morgan fingerprint density at radius 3 is 2.42 bits per heavy atom. The van der Waals surface area contributed by atoms with Gasteiger partial charge < -0.3 is 26.2 Å². The first-order valence-electron chi connectivity index (χ1n) is 13.7. The zero-order chi connectivity index (χ0) is 28.3. The van der Waals surface area contributed by atoms with E-state index in [-0.39, 0.29) is 36.1 Å². The maximum absolute atomic E-state index is 13.9. The van der Waals surface area contributed by atoms with Crippen LogP contribution in [0.1, 0.15) is 61.6 Å². The van der Waals surface area contributed by atoms with E-state index >= 15 is 0 Å². The molecular formula is C30H31N3O7. The van der Waals surface area contributed by atoms with Gasteiger partial charge in [0.05, 0.1) is 5.56 Å². The molecule has 4 aliphatic carbocycles. The van der Waals surface area contributed by atoms with E-state index in [0.29, 0.717) is 34.9 Å². The van der Waals surface area contributed by atoms with E-state index < -0.39 is 52.0 Å². The number of aromatic hydroxyl groups is 1. The topological polar surface area (TPSA) is 184 Å². The Bertz CT molecular complexity index is 1510. The number of ketones is 2. The third kappa shape index (κ3) is 3.84. The number of nitrogens with two attached hydrogens (primary N) is 1. The number of hydrogen-bond acceptors (Lipinski definition) is 9. The Labute approximate surface area is 230 Å². The molecule has 208 valence electrons. The van der Waals surface area contributed by atoms with Gasteiger partial charge in [-0.1, -0.05) is 32.1 Å². The zero-order valence-electron chi connectivity index (χ0n) is 21.9. The fourth-order valence-corrected chi connectivity index (χ4v) is 7.24. The molecule has 2 saturated carbocycles. The van der Waals surface area contributed by atoms with Crippen LogP contribution in [0.2, 0.25) is 0 Å². The van der Waals surface area contributed by atoms with Crippen LogP contribution in [0.15, 0.2) is 41.4 Å². The van der Waals surface area contributed by atoms with Gasteiger partial charge in [0.1, 0.15) is 22.8 Å². The van der Waals surface area contributed by atoms with E-state index in [2.05, 4.69) is 9.97 Å². The number of Topliss-reactive ketones (excluding diaryl/α,β-unsaturated/α-hetero) is 2. The maximum atomic E-state index is 13.9. The highest BCUT2D eigenvalue weighted by molar-refractivity contribution is 6.22. The van der Waals surface area contributed by atoms with Crippen molar-refractivity contribution in [3.63, 3.8) is 0 Å². The number of carbonyl (C=O) groups excluding carboxylic acids is 3. The second kappa shape index (κ2) is 9.55. The van der Waals surface area contributed by atoms with Crippen LogP contribution in [-0.4, -0.2) is 53.5 Å². The molecule has 0 radical (unpaired) electrons. The van der Waals surface area contributed by atoms with Crippen molar-refractivity contribution in [2.45, 2.75) is 63.4 Å². The fourth-order valence-electron chi connectivity index (χ4n) is 7.24. The molecule has 1 aromatic carbocycles. The van der Waals surface area contributed by atoms with Crippen LogP contribution >= 0.6 is 0 Å². The van der Waals surface area contributed by atoms with Crippen LogP contribution in [0.25, 0.3) is 17.1 Å². The number of aromatic nitrogens is 2. The molecule has 6 N–H and O–H groups in total. The van der Waals surface area contributed by atoms with Crippen molar-refractivity contribution in [2.24, 2.45) is 23.5 Å². The van der Waals surface area contributed by atoms with Crippen molar-refractivity contribution in [2.75, 3.05) is 0 Å². The number of amides is 1. The van der Waals surface area contributed by atoms with Crippen LogP contribution in [0.5, 0.6) is 5.75 Å². The summed E-state index contributed by atoms with van der Waals surface area (Å²) in [7, 11) is 0. The number of aliphatic hydroxyl groups excluding tert-OH is 2. The second-order valence-electron chi connectivity index (χ2n) is 11.5. The highest BCUT2D eigenvalue weighted by Gasteiger charge is 2.60. The number of carbonyl (C=O) groups is 3. The van der Waals surface area contributed by atoms with Gasteiger partial charge in [-0.25, -0.2) is 9.97 Å². The predicted octanol–water partition coefficient (Wildman–Crippen LogP) is 3.00. The molecule has 1 aromatic heterocycles. The van der Waals surface area contributed by atoms with E-state index in [1.54, 1.807) is 18.5 Å². The lowest BCUT2D eigenvalue weighted by Crippen LogP contribution is -2.58. The monoisotopic (exact) mass is 545 g/mol. The highest BCUT2D eigenvalue weighted by atomic mass is 16.3. The first-order chi connectivity index (χ1) is 19.1. The number of hydrogen-bond donors (Lipinski definition) is 5. The molecule has 0 unspecified atom stereocenters. The maximum Gasteiger partial charge on any atom is 0.255 e. The van der Waals surface area contributed by atoms with E-state index in [9.17, 15) is 34.8 Å². The minimum absolute atomic E-state index is 0.0720. The molecule has 0 spiro atoms. The quantitative estimate of drug-likeness (QED) is 0.360. The summed E-state index contributed by atoms with van der Waals surface area (Å²) < 4.78 is 0. The number of primary amides is 1. The molecule has 1 amide bonds. The van der Waals surface area contributed by atoms with Gasteiger partial charge in [-0.15, -0.1) is 0 Å². The van der Waals surface area contributed by atoms with Crippen LogP contribution in [-0.2, 0) is 27.2 Å². The van der Waals surface area contributed by atoms with Gasteiger partial charge in [0.2, 0.25) is 5.78 Å². The molecule has 0 saturated heterocycles. The summed E-state index contributed by atoms with van der Waals surface area (Å²) in [4.78, 5) is 47.2. The van der Waals surface area contributed by atoms with Crippen molar-refractivity contribution in [1.29, 1.82) is 0 Å². The van der Waals surface area contributed by atoms with Gasteiger partial charge in [-0.2, -0.15) is 0 Å². The lowest BCUT2D eigenvalue weighted by atomic mass is 9.59. The van der Waals surface area contributed by atoms with Gasteiger partial charge in [0.15, 0.2) is 17.2 Å². The largest absolute Gasteiger partial charge is 0.508 e. The molecule has 0 bridgehead atoms. The normalized spacial score (nSPS) is 26.8. The van der Waals surface area contributed by atoms with E-state index in [4.69, 9.17) is 5.73 Å². The van der Waals surface area contributed by atoms with Crippen molar-refractivity contribution >= 4 is 23.2 Å². The SMILES string of the molecule is NC(=O)C1=C(O)[C@@]2(O)C(=O)C3=C(O)c4c(O)c(CC5CCCCC5)cc(-c5ncccn5)c4C[C@H]3C[C@H]2CC1=O. The minimum atomic E-state index is -2.59. The molecule has 6 rings (SSSR count). The molecule has 1 heterocycles. The van der Waals surface area contributed by atoms with Gasteiger partial charge in [0, 0.05) is 35.9 Å². The fraction of sp³-hybridized carbons (Fsp3) is 0.433. The molecule has 4 aliphatic rings. The Morgan fingerprint density at radius 2 is 1.75 bits per heavy atom. The minimum Gasteiger partial charge on any atom is -0.508 e. The molecule has 3 atom stereocenters. The smallest absolute Gasteiger partial charge is 0.255 e. The lowest BCUT2D eigenvalue weighted by molar-refractivity contribution is -0.147. The summed E-state index contributed by atoms with van der Waals surface area (Å²) in [5.74, 6) is -5.56. The number of phenolic OH excluding ortho intramolecular Hbond substituents is 1. The van der Waals surface area contributed by atoms with Crippen LogP contribution in [0.4, 0.5) is 0 Å². The van der Waals surface area contributed by atoms with Gasteiger partial charge in [-0.05, 0) is 54.4 Å². The number of nitrogens with zero attached hydrogens (tertiary/aromatic N) is 2. The van der Waals surface area contributed by atoms with Crippen LogP contribution < -0.4 is 5.73 Å². The first kappa shape index (κ1) is 26.2. The number of rotatable bonds is 4. The van der Waals surface area contributed by atoms with E-state index in [1.807, 2.05) is 6.07 Å². The van der Waals surface area contributed by atoms with Gasteiger partial charge in [-0.3, -0.25) is 14.4 Å². The third-order valence-electron chi connectivity index (χ3n) is 9.18. The van der Waals surface area contributed by atoms with Crippen molar-refractivity contribution in [3.8, 4) is 17.1 Å². The number of fused-ring (bicyclic) bond motifs is 3. The Kier molecular flexibility index (Phi) is 6.25. The molecular weight excluding hydrogens is 514 g/mol. The van der Waals surface area contributed by atoms with Crippen molar-refractivity contribution in [3.05, 3.63) is 58.1 Å². The summed E-state index contributed by atoms with van der Waals surface area (Å²) in [6, 6.07) is 3.56. The Balaban J connectivity index is 1.53. The van der Waals surface area contributed by atoms with Gasteiger partial charge in [0.25, 0.3) is 5.91 Å². The van der Waals surface area contributed by atoms with Crippen molar-refractivity contribution in [1.82, 2.24) is 9.97 Å². The molecule has 10 heteroatoms. The lowest BCUT2D eigenvalue weighted by Gasteiger charge is -2.46. The average molecular weight is 546 g/mol. The number of aliphatic hydroxyl groups is 3. The average Bonchev–Trinajstić information content (AvgIpc) is 2.93. The third-order valence-corrected chi connectivity index (χ3v) is 9.18. The molecule has 10 nitrogen and oxygen atoms in total. The number of phenols is 1. The summed E-state index contributed by atoms with van der Waals surface area (Å²) in [5, 5.41) is 45.4. The van der Waals surface area contributed by atoms with E-state index in [1.165, 1.54) is 6.42 Å². The van der Waals surface area contributed by atoms with E-state index in [0.717, 1.165) is 25.7 Å². The standard InChI is InChI=1S/C30H31N3O7/c31-28(39)23-20(34)13-17-10-15-11-18-19(29-32-7-4-8-33-29)12-16(9-14-5-2-1-3-6-14)24(35)22(18)25(36)21(15)26(37)30(17,40)27(23)38/h4,7-8,12,14-15,17,35-36,38,40H,1-3,5-6,9-11,13H2,(H2,31,39)/t15-,17+,30+/m1/s1.